The number of hydrogen-bond acceptors (Lipinski definition) is 3. The molecule has 0 saturated carbocycles. The Bertz CT molecular complexity index is 693. The summed E-state index contributed by atoms with van der Waals surface area (Å²) in [6, 6.07) is 15.4. The second kappa shape index (κ2) is 8.03. The number of hydrogen-bond donors (Lipinski definition) is 1. The lowest BCUT2D eigenvalue weighted by Gasteiger charge is -2.10. The fourth-order valence-electron chi connectivity index (χ4n) is 2.21. The first kappa shape index (κ1) is 16.6. The van der Waals surface area contributed by atoms with Gasteiger partial charge >= 0.3 is 0 Å². The molecule has 0 heterocycles. The zero-order valence-electron chi connectivity index (χ0n) is 13.6. The summed E-state index contributed by atoms with van der Waals surface area (Å²) in [4.78, 5) is 12.0. The molecule has 2 aromatic carbocycles. The van der Waals surface area contributed by atoms with E-state index < -0.39 is 0 Å². The molecule has 4 nitrogen and oxygen atoms in total. The van der Waals surface area contributed by atoms with Crippen LogP contribution < -0.4 is 14.8 Å². The number of rotatable bonds is 6. The minimum atomic E-state index is -0.124. The average molecular weight is 311 g/mol. The van der Waals surface area contributed by atoms with Crippen LogP contribution in [0.5, 0.6) is 11.5 Å². The molecule has 120 valence electrons. The third-order valence-electron chi connectivity index (χ3n) is 3.49. The molecule has 4 heteroatoms. The molecule has 0 aliphatic heterocycles. The maximum atomic E-state index is 12.0. The van der Waals surface area contributed by atoms with Gasteiger partial charge < -0.3 is 14.8 Å². The van der Waals surface area contributed by atoms with Gasteiger partial charge in [0.2, 0.25) is 5.91 Å². The third-order valence-corrected chi connectivity index (χ3v) is 3.49. The maximum Gasteiger partial charge on any atom is 0.244 e. The van der Waals surface area contributed by atoms with Crippen molar-refractivity contribution >= 4 is 11.5 Å². The first-order chi connectivity index (χ1) is 11.1. The quantitative estimate of drug-likeness (QED) is 0.832. The van der Waals surface area contributed by atoms with Gasteiger partial charge in [-0.15, -0.1) is 0 Å². The van der Waals surface area contributed by atoms with E-state index in [1.807, 2.05) is 55.5 Å². The van der Waals surface area contributed by atoms with Crippen LogP contribution in [0.3, 0.4) is 0 Å². The number of nitrogens with one attached hydrogen (secondary N) is 1. The van der Waals surface area contributed by atoms with Crippen LogP contribution >= 0.6 is 0 Å². The predicted octanol–water partition coefficient (Wildman–Crippen LogP) is 3.42. The summed E-state index contributed by atoms with van der Waals surface area (Å²) in [5, 5.41) is 2.88. The van der Waals surface area contributed by atoms with Crippen LogP contribution in [0.1, 0.15) is 18.1 Å². The highest BCUT2D eigenvalue weighted by Crippen LogP contribution is 2.27. The summed E-state index contributed by atoms with van der Waals surface area (Å²) in [7, 11) is 3.18. The van der Waals surface area contributed by atoms with Crippen molar-refractivity contribution in [1.82, 2.24) is 5.32 Å². The number of carbonyl (C=O) groups excluding carboxylic acids is 1. The third kappa shape index (κ3) is 4.61. The van der Waals surface area contributed by atoms with E-state index in [1.54, 1.807) is 20.3 Å². The monoisotopic (exact) mass is 311 g/mol. The Morgan fingerprint density at radius 2 is 1.74 bits per heavy atom. The molecular formula is C19H21NO3. The van der Waals surface area contributed by atoms with Crippen LogP contribution in [-0.4, -0.2) is 20.1 Å². The Morgan fingerprint density at radius 3 is 2.39 bits per heavy atom. The van der Waals surface area contributed by atoms with Crippen molar-refractivity contribution in [2.24, 2.45) is 0 Å². The normalized spacial score (nSPS) is 11.0. The lowest BCUT2D eigenvalue weighted by molar-refractivity contribution is -0.116. The van der Waals surface area contributed by atoms with Gasteiger partial charge in [-0.1, -0.05) is 36.4 Å². The average Bonchev–Trinajstić information content (AvgIpc) is 2.60. The topological polar surface area (TPSA) is 47.6 Å². The van der Waals surface area contributed by atoms with Crippen LogP contribution in [0.4, 0.5) is 0 Å². The maximum absolute atomic E-state index is 12.0. The highest BCUT2D eigenvalue weighted by Gasteiger charge is 2.05. The van der Waals surface area contributed by atoms with Crippen molar-refractivity contribution in [3.05, 3.63) is 65.7 Å². The lowest BCUT2D eigenvalue weighted by Crippen LogP contribution is -2.20. The summed E-state index contributed by atoms with van der Waals surface area (Å²) in [5.74, 6) is 1.19. The van der Waals surface area contributed by atoms with Gasteiger partial charge in [0.15, 0.2) is 11.5 Å². The van der Waals surface area contributed by atoms with Gasteiger partial charge in [0.25, 0.3) is 0 Å². The molecule has 0 fully saturated rings. The lowest BCUT2D eigenvalue weighted by atomic mass is 10.1. The van der Waals surface area contributed by atoms with Crippen molar-refractivity contribution < 1.29 is 14.3 Å². The van der Waals surface area contributed by atoms with Gasteiger partial charge in [0.1, 0.15) is 0 Å². The first-order valence-electron chi connectivity index (χ1n) is 7.36. The molecule has 1 amide bonds. The smallest absolute Gasteiger partial charge is 0.244 e. The number of ether oxygens (including phenoxy) is 2. The number of methoxy groups -OCH3 is 2. The number of amides is 1. The number of carbonyl (C=O) groups is 1. The van der Waals surface area contributed by atoms with Crippen molar-refractivity contribution in [3.63, 3.8) is 0 Å². The molecule has 0 aliphatic rings. The van der Waals surface area contributed by atoms with Crippen LogP contribution in [0.2, 0.25) is 0 Å². The molecule has 1 N–H and O–H groups in total. The fraction of sp³-hybridized carbons (Fsp3) is 0.211. The van der Waals surface area contributed by atoms with E-state index >= 15 is 0 Å². The highest BCUT2D eigenvalue weighted by atomic mass is 16.5. The van der Waals surface area contributed by atoms with Gasteiger partial charge in [-0.3, -0.25) is 4.79 Å². The van der Waals surface area contributed by atoms with E-state index in [2.05, 4.69) is 5.32 Å². The molecule has 0 aliphatic carbocycles. The molecular weight excluding hydrogens is 290 g/mol. The highest BCUT2D eigenvalue weighted by molar-refractivity contribution is 5.94. The second-order valence-corrected chi connectivity index (χ2v) is 5.10. The van der Waals surface area contributed by atoms with Gasteiger partial charge in [-0.2, -0.15) is 0 Å². The molecule has 0 aromatic heterocycles. The van der Waals surface area contributed by atoms with Gasteiger partial charge in [0.05, 0.1) is 14.2 Å². The number of allylic oxidation sites excluding steroid dienone is 1. The minimum absolute atomic E-state index is 0.124. The fourth-order valence-corrected chi connectivity index (χ4v) is 2.21. The molecule has 23 heavy (non-hydrogen) atoms. The zero-order chi connectivity index (χ0) is 16.7. The number of benzene rings is 2. The van der Waals surface area contributed by atoms with Gasteiger partial charge in [-0.05, 0) is 35.8 Å². The summed E-state index contributed by atoms with van der Waals surface area (Å²) in [6.45, 7) is 2.35. The van der Waals surface area contributed by atoms with Crippen LogP contribution in [0, 0.1) is 0 Å². The summed E-state index contributed by atoms with van der Waals surface area (Å²) in [6.07, 6.45) is 1.61. The minimum Gasteiger partial charge on any atom is -0.493 e. The largest absolute Gasteiger partial charge is 0.493 e. The van der Waals surface area contributed by atoms with Gasteiger partial charge in [0, 0.05) is 12.6 Å². The Kier molecular flexibility index (Phi) is 5.80. The predicted molar refractivity (Wildman–Crippen MR) is 91.5 cm³/mol. The van der Waals surface area contributed by atoms with Crippen LogP contribution in [-0.2, 0) is 11.3 Å². The van der Waals surface area contributed by atoms with Crippen molar-refractivity contribution in [3.8, 4) is 11.5 Å². The van der Waals surface area contributed by atoms with E-state index in [4.69, 9.17) is 9.47 Å². The molecule has 2 rings (SSSR count). The Hall–Kier alpha value is -2.75. The Balaban J connectivity index is 1.99. The van der Waals surface area contributed by atoms with Gasteiger partial charge in [-0.25, -0.2) is 0 Å². The van der Waals surface area contributed by atoms with Crippen molar-refractivity contribution in [2.75, 3.05) is 14.2 Å². The standard InChI is InChI=1S/C19H21NO3/c1-14(16-7-5-4-6-8-16)11-19(21)20-13-15-9-10-17(22-2)18(12-15)23-3/h4-12H,13H2,1-3H3,(H,20,21)/b14-11+. The molecule has 0 unspecified atom stereocenters. The molecule has 2 aromatic rings. The molecule has 0 radical (unpaired) electrons. The summed E-state index contributed by atoms with van der Waals surface area (Å²) < 4.78 is 10.5. The summed E-state index contributed by atoms with van der Waals surface area (Å²) >= 11 is 0. The molecule has 0 saturated heterocycles. The SMILES string of the molecule is COc1ccc(CNC(=O)/C=C(\C)c2ccccc2)cc1OC. The zero-order valence-corrected chi connectivity index (χ0v) is 13.6. The van der Waals surface area contributed by atoms with E-state index in [-0.39, 0.29) is 5.91 Å². The second-order valence-electron chi connectivity index (χ2n) is 5.10. The summed E-state index contributed by atoms with van der Waals surface area (Å²) in [5.41, 5.74) is 2.91. The van der Waals surface area contributed by atoms with E-state index in [9.17, 15) is 4.79 Å². The van der Waals surface area contributed by atoms with E-state index in [0.717, 1.165) is 16.7 Å². The Morgan fingerprint density at radius 1 is 1.04 bits per heavy atom. The van der Waals surface area contributed by atoms with Crippen LogP contribution in [0.15, 0.2) is 54.6 Å². The van der Waals surface area contributed by atoms with E-state index in [1.165, 1.54) is 0 Å². The van der Waals surface area contributed by atoms with E-state index in [0.29, 0.717) is 18.0 Å². The Labute approximate surface area is 136 Å². The molecule has 0 spiro atoms. The molecule has 0 bridgehead atoms. The van der Waals surface area contributed by atoms with Crippen molar-refractivity contribution in [2.45, 2.75) is 13.5 Å². The van der Waals surface area contributed by atoms with Crippen LogP contribution in [0.25, 0.3) is 5.57 Å². The first-order valence-corrected chi connectivity index (χ1v) is 7.36. The van der Waals surface area contributed by atoms with Crippen molar-refractivity contribution in [1.29, 1.82) is 0 Å². The molecule has 0 atom stereocenters.